The molecule has 15 heavy (non-hydrogen) atoms. The lowest BCUT2D eigenvalue weighted by molar-refractivity contribution is 0.0100. The van der Waals surface area contributed by atoms with Crippen LogP contribution in [0.3, 0.4) is 0 Å². The molecule has 0 aliphatic heterocycles. The lowest BCUT2D eigenvalue weighted by Gasteiger charge is -2.08. The first-order valence-corrected chi connectivity index (χ1v) is 5.67. The minimum absolute atomic E-state index is 0.233. The Morgan fingerprint density at radius 1 is 1.27 bits per heavy atom. The van der Waals surface area contributed by atoms with E-state index in [9.17, 15) is 0 Å². The van der Waals surface area contributed by atoms with Crippen molar-refractivity contribution in [2.45, 2.75) is 12.8 Å². The standard InChI is InChI=1S/C11H12Cl2O2/c12-9-3-4-10(13)11(5-9)15-7-14-6-8-1-2-8/h3-5,8H,1-2,6-7H2. The van der Waals surface area contributed by atoms with Crippen LogP contribution in [0.4, 0.5) is 0 Å². The van der Waals surface area contributed by atoms with Gasteiger partial charge in [0.15, 0.2) is 6.79 Å². The van der Waals surface area contributed by atoms with Crippen LogP contribution in [0.15, 0.2) is 18.2 Å². The molecule has 0 unspecified atom stereocenters. The van der Waals surface area contributed by atoms with E-state index in [1.807, 2.05) is 0 Å². The topological polar surface area (TPSA) is 18.5 Å². The number of hydrogen-bond acceptors (Lipinski definition) is 2. The van der Waals surface area contributed by atoms with Crippen LogP contribution in [-0.2, 0) is 4.74 Å². The van der Waals surface area contributed by atoms with Gasteiger partial charge >= 0.3 is 0 Å². The van der Waals surface area contributed by atoms with E-state index in [4.69, 9.17) is 32.7 Å². The third kappa shape index (κ3) is 3.56. The van der Waals surface area contributed by atoms with Gasteiger partial charge in [0, 0.05) is 11.1 Å². The van der Waals surface area contributed by atoms with Crippen LogP contribution < -0.4 is 4.74 Å². The zero-order chi connectivity index (χ0) is 10.7. The molecule has 1 fully saturated rings. The Morgan fingerprint density at radius 3 is 2.80 bits per heavy atom. The molecule has 0 N–H and O–H groups in total. The predicted molar refractivity (Wildman–Crippen MR) is 60.6 cm³/mol. The highest BCUT2D eigenvalue weighted by molar-refractivity contribution is 6.34. The summed E-state index contributed by atoms with van der Waals surface area (Å²) in [6.45, 7) is 1.01. The van der Waals surface area contributed by atoms with Crippen LogP contribution >= 0.6 is 23.2 Å². The van der Waals surface area contributed by atoms with E-state index in [0.717, 1.165) is 12.5 Å². The first-order chi connectivity index (χ1) is 7.25. The number of rotatable bonds is 5. The van der Waals surface area contributed by atoms with Crippen molar-refractivity contribution in [3.63, 3.8) is 0 Å². The van der Waals surface area contributed by atoms with Gasteiger partial charge in [-0.25, -0.2) is 0 Å². The van der Waals surface area contributed by atoms with Gasteiger partial charge in [0.25, 0.3) is 0 Å². The molecule has 1 aromatic rings. The van der Waals surface area contributed by atoms with E-state index in [1.54, 1.807) is 18.2 Å². The maximum atomic E-state index is 5.91. The van der Waals surface area contributed by atoms with Gasteiger partial charge in [-0.3, -0.25) is 0 Å². The Hall–Kier alpha value is -0.440. The summed E-state index contributed by atoms with van der Waals surface area (Å²) in [5, 5.41) is 1.16. The molecule has 2 rings (SSSR count). The van der Waals surface area contributed by atoms with E-state index in [0.29, 0.717) is 15.8 Å². The zero-order valence-corrected chi connectivity index (χ0v) is 9.72. The van der Waals surface area contributed by atoms with E-state index in [2.05, 4.69) is 0 Å². The molecule has 0 bridgehead atoms. The third-order valence-electron chi connectivity index (χ3n) is 2.24. The average Bonchev–Trinajstić information content (AvgIpc) is 3.01. The molecule has 1 saturated carbocycles. The SMILES string of the molecule is Clc1ccc(Cl)c(OCOCC2CC2)c1. The van der Waals surface area contributed by atoms with Gasteiger partial charge in [0.2, 0.25) is 0 Å². The van der Waals surface area contributed by atoms with Crippen molar-refractivity contribution in [2.24, 2.45) is 5.92 Å². The minimum atomic E-state index is 0.233. The molecule has 0 atom stereocenters. The largest absolute Gasteiger partial charge is 0.466 e. The second-order valence-corrected chi connectivity index (χ2v) is 4.49. The monoisotopic (exact) mass is 246 g/mol. The lowest BCUT2D eigenvalue weighted by Crippen LogP contribution is -2.05. The van der Waals surface area contributed by atoms with Gasteiger partial charge in [-0.1, -0.05) is 23.2 Å². The van der Waals surface area contributed by atoms with Crippen LogP contribution in [0, 0.1) is 5.92 Å². The second kappa shape index (κ2) is 5.06. The molecule has 2 nitrogen and oxygen atoms in total. The summed E-state index contributed by atoms with van der Waals surface area (Å²) in [6.07, 6.45) is 2.55. The van der Waals surface area contributed by atoms with Crippen molar-refractivity contribution in [1.29, 1.82) is 0 Å². The Morgan fingerprint density at radius 2 is 2.07 bits per heavy atom. The summed E-state index contributed by atoms with van der Waals surface area (Å²) in [5.41, 5.74) is 0. The Labute approximate surface area is 99.1 Å². The fourth-order valence-electron chi connectivity index (χ4n) is 1.19. The van der Waals surface area contributed by atoms with Crippen LogP contribution in [0.25, 0.3) is 0 Å². The van der Waals surface area contributed by atoms with E-state index in [-0.39, 0.29) is 6.79 Å². The smallest absolute Gasteiger partial charge is 0.189 e. The maximum absolute atomic E-state index is 5.91. The summed E-state index contributed by atoms with van der Waals surface area (Å²) in [5.74, 6) is 1.31. The first kappa shape index (κ1) is 11.1. The third-order valence-corrected chi connectivity index (χ3v) is 2.79. The van der Waals surface area contributed by atoms with Crippen LogP contribution in [-0.4, -0.2) is 13.4 Å². The van der Waals surface area contributed by atoms with Crippen LogP contribution in [0.1, 0.15) is 12.8 Å². The fraction of sp³-hybridized carbons (Fsp3) is 0.455. The summed E-state index contributed by atoms with van der Waals surface area (Å²) in [6, 6.07) is 5.12. The highest BCUT2D eigenvalue weighted by Crippen LogP contribution is 2.30. The summed E-state index contributed by atoms with van der Waals surface area (Å²) >= 11 is 11.7. The van der Waals surface area contributed by atoms with Gasteiger partial charge in [-0.2, -0.15) is 0 Å². The molecule has 1 aliphatic carbocycles. The molecule has 82 valence electrons. The molecular weight excluding hydrogens is 235 g/mol. The lowest BCUT2D eigenvalue weighted by atomic mass is 10.3. The summed E-state index contributed by atoms with van der Waals surface area (Å²) in [7, 11) is 0. The van der Waals surface area contributed by atoms with Crippen molar-refractivity contribution in [3.8, 4) is 5.75 Å². The molecule has 0 saturated heterocycles. The zero-order valence-electron chi connectivity index (χ0n) is 8.21. The van der Waals surface area contributed by atoms with Gasteiger partial charge in [0.05, 0.1) is 11.6 Å². The van der Waals surface area contributed by atoms with Crippen LogP contribution in [0.5, 0.6) is 5.75 Å². The number of ether oxygens (including phenoxy) is 2. The van der Waals surface area contributed by atoms with E-state index in [1.165, 1.54) is 12.8 Å². The summed E-state index contributed by atoms with van der Waals surface area (Å²) < 4.78 is 10.7. The quantitative estimate of drug-likeness (QED) is 0.582. The highest BCUT2D eigenvalue weighted by Gasteiger charge is 2.21. The Kier molecular flexibility index (Phi) is 3.73. The molecule has 0 amide bonds. The second-order valence-electron chi connectivity index (χ2n) is 3.65. The molecule has 1 aromatic carbocycles. The van der Waals surface area contributed by atoms with Crippen molar-refractivity contribution >= 4 is 23.2 Å². The number of benzene rings is 1. The van der Waals surface area contributed by atoms with Crippen molar-refractivity contribution in [1.82, 2.24) is 0 Å². The van der Waals surface area contributed by atoms with E-state index >= 15 is 0 Å². The molecule has 0 radical (unpaired) electrons. The molecule has 0 heterocycles. The minimum Gasteiger partial charge on any atom is -0.466 e. The molecule has 0 aromatic heterocycles. The van der Waals surface area contributed by atoms with Crippen LogP contribution in [0.2, 0.25) is 10.0 Å². The average molecular weight is 247 g/mol. The Balaban J connectivity index is 1.78. The number of hydrogen-bond donors (Lipinski definition) is 0. The molecule has 4 heteroatoms. The normalized spacial score (nSPS) is 15.3. The molecular formula is C11H12Cl2O2. The maximum Gasteiger partial charge on any atom is 0.189 e. The van der Waals surface area contributed by atoms with Gasteiger partial charge in [-0.15, -0.1) is 0 Å². The van der Waals surface area contributed by atoms with Gasteiger partial charge in [0.1, 0.15) is 5.75 Å². The molecule has 1 aliphatic rings. The Bertz CT molecular complexity index is 337. The van der Waals surface area contributed by atoms with E-state index < -0.39 is 0 Å². The van der Waals surface area contributed by atoms with Crippen molar-refractivity contribution in [3.05, 3.63) is 28.2 Å². The number of halogens is 2. The van der Waals surface area contributed by atoms with Crippen molar-refractivity contribution < 1.29 is 9.47 Å². The highest BCUT2D eigenvalue weighted by atomic mass is 35.5. The van der Waals surface area contributed by atoms with Crippen molar-refractivity contribution in [2.75, 3.05) is 13.4 Å². The summed E-state index contributed by atoms with van der Waals surface area (Å²) in [4.78, 5) is 0. The first-order valence-electron chi connectivity index (χ1n) is 4.91. The molecule has 0 spiro atoms. The predicted octanol–water partition coefficient (Wildman–Crippen LogP) is 3.76. The van der Waals surface area contributed by atoms with Gasteiger partial charge < -0.3 is 9.47 Å². The fourth-order valence-corrected chi connectivity index (χ4v) is 1.53. The van der Waals surface area contributed by atoms with Gasteiger partial charge in [-0.05, 0) is 30.9 Å².